The molecule has 8 nitrogen and oxygen atoms in total. The number of hydrogen-bond acceptors (Lipinski definition) is 5. The number of aliphatic carboxylic acids is 1. The summed E-state index contributed by atoms with van der Waals surface area (Å²) in [4.78, 5) is 33.9. The van der Waals surface area contributed by atoms with Gasteiger partial charge >= 0.3 is 11.9 Å². The van der Waals surface area contributed by atoms with Crippen molar-refractivity contribution >= 4 is 11.9 Å². The van der Waals surface area contributed by atoms with Gasteiger partial charge < -0.3 is 24.3 Å². The van der Waals surface area contributed by atoms with Crippen LogP contribution in [-0.2, 0) is 17.8 Å². The van der Waals surface area contributed by atoms with Gasteiger partial charge in [0.2, 0.25) is 0 Å². The number of nitrogens with zero attached hydrogens (tertiary/aromatic N) is 1. The van der Waals surface area contributed by atoms with Gasteiger partial charge in [-0.3, -0.25) is 4.79 Å². The fourth-order valence-electron chi connectivity index (χ4n) is 2.85. The van der Waals surface area contributed by atoms with Crippen LogP contribution in [0.25, 0.3) is 11.3 Å². The van der Waals surface area contributed by atoms with Crippen molar-refractivity contribution in [2.24, 2.45) is 0 Å². The predicted octanol–water partition coefficient (Wildman–Crippen LogP) is 2.66. The summed E-state index contributed by atoms with van der Waals surface area (Å²) in [7, 11) is 1.43. The van der Waals surface area contributed by atoms with E-state index in [1.165, 1.54) is 25.8 Å². The summed E-state index contributed by atoms with van der Waals surface area (Å²) in [5.41, 5.74) is 1.32. The minimum Gasteiger partial charge on any atom is -0.493 e. The maximum absolute atomic E-state index is 12.0. The van der Waals surface area contributed by atoms with Gasteiger partial charge in [0.1, 0.15) is 5.56 Å². The molecule has 1 aromatic carbocycles. The molecule has 0 radical (unpaired) electrons. The summed E-state index contributed by atoms with van der Waals surface area (Å²) in [6.07, 6.45) is 3.17. The summed E-state index contributed by atoms with van der Waals surface area (Å²) in [5, 5.41) is 17.8. The fourth-order valence-corrected chi connectivity index (χ4v) is 2.85. The van der Waals surface area contributed by atoms with Crippen LogP contribution in [0.2, 0.25) is 0 Å². The van der Waals surface area contributed by atoms with E-state index in [1.54, 1.807) is 16.7 Å². The Morgan fingerprint density at radius 2 is 1.82 bits per heavy atom. The molecule has 2 heterocycles. The van der Waals surface area contributed by atoms with E-state index in [1.807, 2.05) is 0 Å². The number of carboxylic acid groups (broad SMARTS) is 2. The van der Waals surface area contributed by atoms with Crippen LogP contribution in [0.3, 0.4) is 0 Å². The molecule has 0 saturated carbocycles. The second-order valence-electron chi connectivity index (χ2n) is 6.23. The number of benzene rings is 1. The Balaban J connectivity index is 0.000000878. The second kappa shape index (κ2) is 9.07. The molecule has 0 atom stereocenters. The first-order valence-electron chi connectivity index (χ1n) is 8.85. The van der Waals surface area contributed by atoms with Crippen molar-refractivity contribution in [3.8, 4) is 22.8 Å². The number of ether oxygens (including phenoxy) is 2. The monoisotopic (exact) mass is 389 g/mol. The number of aromatic nitrogens is 1. The van der Waals surface area contributed by atoms with Gasteiger partial charge in [0, 0.05) is 24.4 Å². The van der Waals surface area contributed by atoms with E-state index >= 15 is 0 Å². The smallest absolute Gasteiger partial charge is 0.341 e. The van der Waals surface area contributed by atoms with E-state index in [-0.39, 0.29) is 5.56 Å². The molecule has 0 amide bonds. The molecule has 0 aliphatic carbocycles. The predicted molar refractivity (Wildman–Crippen MR) is 102 cm³/mol. The van der Waals surface area contributed by atoms with Gasteiger partial charge in [-0.15, -0.1) is 0 Å². The minimum absolute atomic E-state index is 0.277. The van der Waals surface area contributed by atoms with Crippen molar-refractivity contribution < 1.29 is 29.3 Å². The van der Waals surface area contributed by atoms with Crippen molar-refractivity contribution in [3.63, 3.8) is 0 Å². The van der Waals surface area contributed by atoms with Crippen LogP contribution in [0.4, 0.5) is 0 Å². The third kappa shape index (κ3) is 4.51. The Morgan fingerprint density at radius 1 is 1.14 bits per heavy atom. The number of aromatic carboxylic acids is 1. The Labute approximate surface area is 162 Å². The van der Waals surface area contributed by atoms with Crippen molar-refractivity contribution in [1.29, 1.82) is 0 Å². The van der Waals surface area contributed by atoms with Crippen LogP contribution in [0.1, 0.15) is 36.2 Å². The zero-order chi connectivity index (χ0) is 20.8. The SMILES string of the molecule is CCC.COc1cc2c(cc1OCC(=O)O)CCn1cc(C(=O)O)c(=O)cc1-2. The first kappa shape index (κ1) is 21.0. The highest BCUT2D eigenvalue weighted by Crippen LogP contribution is 2.38. The molecule has 2 aromatic rings. The highest BCUT2D eigenvalue weighted by Gasteiger charge is 2.22. The van der Waals surface area contributed by atoms with Gasteiger partial charge in [0.15, 0.2) is 23.5 Å². The zero-order valence-corrected chi connectivity index (χ0v) is 16.0. The Bertz CT molecular complexity index is 946. The molecule has 150 valence electrons. The van der Waals surface area contributed by atoms with E-state index in [4.69, 9.17) is 19.7 Å². The maximum Gasteiger partial charge on any atom is 0.341 e. The van der Waals surface area contributed by atoms with E-state index < -0.39 is 24.0 Å². The number of carboxylic acids is 2. The summed E-state index contributed by atoms with van der Waals surface area (Å²) in [5.74, 6) is -1.72. The van der Waals surface area contributed by atoms with E-state index in [9.17, 15) is 14.4 Å². The molecule has 0 spiro atoms. The van der Waals surface area contributed by atoms with Crippen LogP contribution >= 0.6 is 0 Å². The first-order valence-corrected chi connectivity index (χ1v) is 8.85. The van der Waals surface area contributed by atoms with Crippen LogP contribution < -0.4 is 14.9 Å². The summed E-state index contributed by atoms with van der Waals surface area (Å²) >= 11 is 0. The zero-order valence-electron chi connectivity index (χ0n) is 16.0. The molecule has 8 heteroatoms. The fraction of sp³-hybridized carbons (Fsp3) is 0.350. The number of hydrogen-bond donors (Lipinski definition) is 2. The van der Waals surface area contributed by atoms with Crippen molar-refractivity contribution in [3.05, 3.63) is 45.7 Å². The lowest BCUT2D eigenvalue weighted by atomic mass is 9.96. The normalized spacial score (nSPS) is 11.4. The number of fused-ring (bicyclic) bond motifs is 3. The molecule has 0 saturated heterocycles. The third-order valence-corrected chi connectivity index (χ3v) is 4.00. The Morgan fingerprint density at radius 3 is 2.39 bits per heavy atom. The molecule has 0 fully saturated rings. The lowest BCUT2D eigenvalue weighted by molar-refractivity contribution is -0.139. The number of rotatable bonds is 5. The van der Waals surface area contributed by atoms with Gasteiger partial charge in [-0.2, -0.15) is 0 Å². The summed E-state index contributed by atoms with van der Waals surface area (Å²) < 4.78 is 12.2. The van der Waals surface area contributed by atoms with Crippen LogP contribution in [-0.4, -0.2) is 40.4 Å². The molecule has 2 N–H and O–H groups in total. The quantitative estimate of drug-likeness (QED) is 0.808. The van der Waals surface area contributed by atoms with Gasteiger partial charge in [0.05, 0.1) is 12.8 Å². The lowest BCUT2D eigenvalue weighted by Gasteiger charge is -2.24. The van der Waals surface area contributed by atoms with Crippen molar-refractivity contribution in [2.45, 2.75) is 33.2 Å². The molecule has 28 heavy (non-hydrogen) atoms. The number of pyridine rings is 1. The van der Waals surface area contributed by atoms with Crippen molar-refractivity contribution in [1.82, 2.24) is 4.57 Å². The standard InChI is InChI=1S/C17H15NO7.C3H8/c1-24-14-5-10-9(4-15(14)25-8-16(20)21)2-3-18-7-11(17(22)23)13(19)6-12(10)18;1-3-2/h4-7H,2-3,8H2,1H3,(H,20,21)(H,22,23);3H2,1-2H3. The molecule has 0 bridgehead atoms. The van der Waals surface area contributed by atoms with Gasteiger partial charge in [-0.05, 0) is 24.1 Å². The number of carbonyl (C=O) groups is 2. The minimum atomic E-state index is -1.26. The molecule has 0 unspecified atom stereocenters. The van der Waals surface area contributed by atoms with Crippen LogP contribution in [0.15, 0.2) is 29.2 Å². The van der Waals surface area contributed by atoms with Crippen LogP contribution in [0, 0.1) is 0 Å². The lowest BCUT2D eigenvalue weighted by Crippen LogP contribution is -2.22. The molecular weight excluding hydrogens is 366 g/mol. The average molecular weight is 389 g/mol. The Kier molecular flexibility index (Phi) is 6.81. The average Bonchev–Trinajstić information content (AvgIpc) is 2.65. The van der Waals surface area contributed by atoms with E-state index in [2.05, 4.69) is 13.8 Å². The van der Waals surface area contributed by atoms with E-state index in [0.29, 0.717) is 30.2 Å². The number of methoxy groups -OCH3 is 1. The summed E-state index contributed by atoms with van der Waals surface area (Å²) in [6, 6.07) is 4.65. The second-order valence-corrected chi connectivity index (χ2v) is 6.23. The first-order chi connectivity index (χ1) is 13.3. The molecular formula is C20H23NO7. The van der Waals surface area contributed by atoms with E-state index in [0.717, 1.165) is 11.1 Å². The van der Waals surface area contributed by atoms with Gasteiger partial charge in [-0.25, -0.2) is 9.59 Å². The highest BCUT2D eigenvalue weighted by atomic mass is 16.5. The molecule has 1 aliphatic heterocycles. The van der Waals surface area contributed by atoms with Gasteiger partial charge in [0.25, 0.3) is 0 Å². The largest absolute Gasteiger partial charge is 0.493 e. The Hall–Kier alpha value is -3.29. The third-order valence-electron chi connectivity index (χ3n) is 4.00. The maximum atomic E-state index is 12.0. The van der Waals surface area contributed by atoms with Crippen molar-refractivity contribution in [2.75, 3.05) is 13.7 Å². The highest BCUT2D eigenvalue weighted by molar-refractivity contribution is 5.87. The summed E-state index contributed by atoms with van der Waals surface area (Å²) in [6.45, 7) is 4.25. The molecule has 1 aromatic heterocycles. The topological polar surface area (TPSA) is 115 Å². The molecule has 3 rings (SSSR count). The van der Waals surface area contributed by atoms with Crippen LogP contribution in [0.5, 0.6) is 11.5 Å². The van der Waals surface area contributed by atoms with Gasteiger partial charge in [-0.1, -0.05) is 20.3 Å². The molecule has 1 aliphatic rings. The number of aryl methyl sites for hydroxylation is 2.